The van der Waals surface area contributed by atoms with Gasteiger partial charge in [0.2, 0.25) is 5.91 Å². The van der Waals surface area contributed by atoms with Crippen molar-refractivity contribution in [1.29, 1.82) is 0 Å². The van der Waals surface area contributed by atoms with Gasteiger partial charge >= 0.3 is 12.1 Å². The topological polar surface area (TPSA) is 75.6 Å². The fourth-order valence-electron chi connectivity index (χ4n) is 3.06. The first-order chi connectivity index (χ1) is 12.2. The molecular weight excluding hydrogens is 351 g/mol. The number of carbonyl (C=O) groups is 2. The molecule has 1 aliphatic rings. The highest BCUT2D eigenvalue weighted by molar-refractivity contribution is 5.84. The van der Waals surface area contributed by atoms with Crippen LogP contribution in [-0.2, 0) is 20.5 Å². The Kier molecular flexibility index (Phi) is 6.63. The van der Waals surface area contributed by atoms with E-state index in [4.69, 9.17) is 4.74 Å². The third kappa shape index (κ3) is 5.45. The molecule has 1 aliphatic heterocycles. The fourth-order valence-corrected chi connectivity index (χ4v) is 3.06. The summed E-state index contributed by atoms with van der Waals surface area (Å²) in [6.45, 7) is 2.47. The van der Waals surface area contributed by atoms with Gasteiger partial charge in [0.15, 0.2) is 0 Å². The number of aliphatic carboxylic acids is 1. The van der Waals surface area contributed by atoms with Crippen molar-refractivity contribution in [3.63, 3.8) is 0 Å². The minimum Gasteiger partial charge on any atom is -0.480 e. The number of ether oxygens (including phenoxy) is 1. The van der Waals surface area contributed by atoms with Crippen LogP contribution in [-0.4, -0.2) is 36.2 Å². The molecule has 26 heavy (non-hydrogen) atoms. The Labute approximate surface area is 149 Å². The predicted molar refractivity (Wildman–Crippen MR) is 87.6 cm³/mol. The second kappa shape index (κ2) is 8.53. The molecule has 1 aromatic carbocycles. The number of amides is 1. The first-order valence-corrected chi connectivity index (χ1v) is 8.45. The van der Waals surface area contributed by atoms with Gasteiger partial charge in [-0.3, -0.25) is 4.79 Å². The van der Waals surface area contributed by atoms with E-state index in [-0.39, 0.29) is 18.9 Å². The van der Waals surface area contributed by atoms with E-state index in [1.54, 1.807) is 6.92 Å². The van der Waals surface area contributed by atoms with Crippen molar-refractivity contribution >= 4 is 11.9 Å². The molecule has 0 aromatic heterocycles. The van der Waals surface area contributed by atoms with Crippen LogP contribution in [0.25, 0.3) is 0 Å². The van der Waals surface area contributed by atoms with E-state index in [9.17, 15) is 27.9 Å². The SMILES string of the molecule is CC(CC(=O)NC(C(=O)O)C1CCCOC1)c1cccc(C(F)(F)F)c1. The average molecular weight is 373 g/mol. The lowest BCUT2D eigenvalue weighted by Gasteiger charge is -2.28. The Morgan fingerprint density at radius 1 is 1.38 bits per heavy atom. The normalized spacial score (nSPS) is 20.2. The van der Waals surface area contributed by atoms with Crippen LogP contribution in [0.5, 0.6) is 0 Å². The Bertz CT molecular complexity index is 642. The first kappa shape index (κ1) is 20.2. The van der Waals surface area contributed by atoms with E-state index in [1.165, 1.54) is 12.1 Å². The standard InChI is InChI=1S/C18H22F3NO4/c1-11(12-4-2-6-14(9-12)18(19,20)21)8-15(23)22-16(17(24)25)13-5-3-7-26-10-13/h2,4,6,9,11,13,16H,3,5,7-8,10H2,1H3,(H,22,23)(H,24,25). The number of carbonyl (C=O) groups excluding carboxylic acids is 1. The second-order valence-electron chi connectivity index (χ2n) is 6.59. The largest absolute Gasteiger partial charge is 0.480 e. The Morgan fingerprint density at radius 2 is 2.12 bits per heavy atom. The van der Waals surface area contributed by atoms with Crippen LogP contribution < -0.4 is 5.32 Å². The molecule has 1 fully saturated rings. The van der Waals surface area contributed by atoms with Gasteiger partial charge in [-0.25, -0.2) is 4.79 Å². The second-order valence-corrected chi connectivity index (χ2v) is 6.59. The molecule has 0 spiro atoms. The zero-order chi connectivity index (χ0) is 19.3. The maximum Gasteiger partial charge on any atom is 0.416 e. The number of rotatable bonds is 6. The Balaban J connectivity index is 2.00. The summed E-state index contributed by atoms with van der Waals surface area (Å²) in [6, 6.07) is 3.75. The van der Waals surface area contributed by atoms with Crippen LogP contribution in [0.3, 0.4) is 0 Å². The van der Waals surface area contributed by atoms with Crippen molar-refractivity contribution in [2.45, 2.75) is 44.3 Å². The van der Waals surface area contributed by atoms with Gasteiger partial charge in [0.25, 0.3) is 0 Å². The van der Waals surface area contributed by atoms with E-state index in [0.29, 0.717) is 18.6 Å². The smallest absolute Gasteiger partial charge is 0.416 e. The van der Waals surface area contributed by atoms with Crippen LogP contribution in [0, 0.1) is 5.92 Å². The summed E-state index contributed by atoms with van der Waals surface area (Å²) in [7, 11) is 0. The minimum atomic E-state index is -4.45. The zero-order valence-electron chi connectivity index (χ0n) is 14.4. The molecule has 0 saturated carbocycles. The zero-order valence-corrected chi connectivity index (χ0v) is 14.4. The maximum atomic E-state index is 12.8. The van der Waals surface area contributed by atoms with Gasteiger partial charge in [-0.2, -0.15) is 13.2 Å². The molecule has 1 heterocycles. The Morgan fingerprint density at radius 3 is 2.69 bits per heavy atom. The fraction of sp³-hybridized carbons (Fsp3) is 0.556. The van der Waals surface area contributed by atoms with Crippen LogP contribution in [0.2, 0.25) is 0 Å². The summed E-state index contributed by atoms with van der Waals surface area (Å²) in [5, 5.41) is 11.8. The number of nitrogens with one attached hydrogen (secondary N) is 1. The lowest BCUT2D eigenvalue weighted by atomic mass is 9.92. The minimum absolute atomic E-state index is 0.0985. The quantitative estimate of drug-likeness (QED) is 0.803. The van der Waals surface area contributed by atoms with Gasteiger partial charge in [0, 0.05) is 18.9 Å². The lowest BCUT2D eigenvalue weighted by Crippen LogP contribution is -2.48. The van der Waals surface area contributed by atoms with Gasteiger partial charge in [0.1, 0.15) is 6.04 Å². The monoisotopic (exact) mass is 373 g/mol. The molecule has 8 heteroatoms. The number of hydrogen-bond donors (Lipinski definition) is 2. The van der Waals surface area contributed by atoms with Crippen molar-refractivity contribution in [2.75, 3.05) is 13.2 Å². The number of alkyl halides is 3. The summed E-state index contributed by atoms with van der Waals surface area (Å²) in [5.41, 5.74) is -0.395. The number of halogens is 3. The molecule has 0 aliphatic carbocycles. The molecular formula is C18H22F3NO4. The summed E-state index contributed by atoms with van der Waals surface area (Å²) >= 11 is 0. The third-order valence-corrected chi connectivity index (χ3v) is 4.52. The highest BCUT2D eigenvalue weighted by Crippen LogP contribution is 2.31. The number of hydrogen-bond acceptors (Lipinski definition) is 3. The predicted octanol–water partition coefficient (Wildman–Crippen LogP) is 3.20. The van der Waals surface area contributed by atoms with E-state index < -0.39 is 35.6 Å². The van der Waals surface area contributed by atoms with Crippen molar-refractivity contribution in [3.8, 4) is 0 Å². The molecule has 2 N–H and O–H groups in total. The summed E-state index contributed by atoms with van der Waals surface area (Å²) < 4.78 is 43.7. The van der Waals surface area contributed by atoms with E-state index in [2.05, 4.69) is 5.32 Å². The van der Waals surface area contributed by atoms with Gasteiger partial charge in [-0.15, -0.1) is 0 Å². The third-order valence-electron chi connectivity index (χ3n) is 4.52. The summed E-state index contributed by atoms with van der Waals surface area (Å²) in [5.74, 6) is -2.43. The van der Waals surface area contributed by atoms with Gasteiger partial charge in [0.05, 0.1) is 12.2 Å². The first-order valence-electron chi connectivity index (χ1n) is 8.45. The molecule has 1 aromatic rings. The molecule has 0 bridgehead atoms. The van der Waals surface area contributed by atoms with E-state index in [1.807, 2.05) is 0 Å². The molecule has 2 rings (SSSR count). The van der Waals surface area contributed by atoms with Crippen molar-refractivity contribution in [1.82, 2.24) is 5.32 Å². The number of benzene rings is 1. The Hall–Kier alpha value is -2.09. The molecule has 0 radical (unpaired) electrons. The number of carboxylic acid groups (broad SMARTS) is 1. The molecule has 5 nitrogen and oxygen atoms in total. The lowest BCUT2D eigenvalue weighted by molar-refractivity contribution is -0.145. The highest BCUT2D eigenvalue weighted by Gasteiger charge is 2.32. The summed E-state index contributed by atoms with van der Waals surface area (Å²) in [6.07, 6.45) is -3.18. The average Bonchev–Trinajstić information content (AvgIpc) is 2.59. The molecule has 3 atom stereocenters. The van der Waals surface area contributed by atoms with Crippen LogP contribution in [0.15, 0.2) is 24.3 Å². The molecule has 144 valence electrons. The van der Waals surface area contributed by atoms with Crippen LogP contribution in [0.4, 0.5) is 13.2 Å². The van der Waals surface area contributed by atoms with E-state index in [0.717, 1.165) is 18.6 Å². The van der Waals surface area contributed by atoms with Crippen molar-refractivity contribution in [2.24, 2.45) is 5.92 Å². The van der Waals surface area contributed by atoms with Crippen molar-refractivity contribution < 1.29 is 32.6 Å². The number of carboxylic acids is 1. The van der Waals surface area contributed by atoms with Crippen LogP contribution in [0.1, 0.15) is 43.2 Å². The van der Waals surface area contributed by atoms with E-state index >= 15 is 0 Å². The van der Waals surface area contributed by atoms with Crippen molar-refractivity contribution in [3.05, 3.63) is 35.4 Å². The maximum absolute atomic E-state index is 12.8. The molecule has 1 amide bonds. The molecule has 1 saturated heterocycles. The summed E-state index contributed by atoms with van der Waals surface area (Å²) in [4.78, 5) is 23.7. The van der Waals surface area contributed by atoms with Crippen LogP contribution >= 0.6 is 0 Å². The highest BCUT2D eigenvalue weighted by atomic mass is 19.4. The van der Waals surface area contributed by atoms with Gasteiger partial charge in [-0.1, -0.05) is 25.1 Å². The molecule has 3 unspecified atom stereocenters. The van der Waals surface area contributed by atoms with Gasteiger partial charge < -0.3 is 15.2 Å². The van der Waals surface area contributed by atoms with Gasteiger partial charge in [-0.05, 0) is 30.4 Å².